The highest BCUT2D eigenvalue weighted by atomic mass is 19.1. The Bertz CT molecular complexity index is 591. The average Bonchev–Trinajstić information content (AvgIpc) is 2.34. The Hall–Kier alpha value is -2.17. The maximum atomic E-state index is 13.2. The van der Waals surface area contributed by atoms with Gasteiger partial charge in [-0.3, -0.25) is 4.98 Å². The first-order valence-electron chi connectivity index (χ1n) is 5.82. The molecule has 19 heavy (non-hydrogen) atoms. The van der Waals surface area contributed by atoms with E-state index >= 15 is 0 Å². The molecule has 0 saturated heterocycles. The summed E-state index contributed by atoms with van der Waals surface area (Å²) >= 11 is 0. The van der Waals surface area contributed by atoms with E-state index in [1.807, 2.05) is 26.0 Å². The van der Waals surface area contributed by atoms with Gasteiger partial charge >= 0.3 is 0 Å². The van der Waals surface area contributed by atoms with Gasteiger partial charge in [0.1, 0.15) is 0 Å². The maximum Gasteiger partial charge on any atom is 0.187 e. The first-order chi connectivity index (χ1) is 8.97. The van der Waals surface area contributed by atoms with Gasteiger partial charge in [-0.2, -0.15) is 0 Å². The van der Waals surface area contributed by atoms with E-state index in [1.165, 1.54) is 0 Å². The van der Waals surface area contributed by atoms with Crippen molar-refractivity contribution in [3.63, 3.8) is 0 Å². The zero-order chi connectivity index (χ0) is 14.0. The van der Waals surface area contributed by atoms with Crippen molar-refractivity contribution in [1.29, 1.82) is 0 Å². The van der Waals surface area contributed by atoms with Crippen LogP contribution in [0.25, 0.3) is 0 Å². The molecule has 2 N–H and O–H groups in total. The zero-order valence-electron chi connectivity index (χ0n) is 10.7. The van der Waals surface area contributed by atoms with Crippen LogP contribution in [0.4, 0.5) is 14.5 Å². The van der Waals surface area contributed by atoms with Gasteiger partial charge in [0, 0.05) is 12.2 Å². The van der Waals surface area contributed by atoms with Crippen LogP contribution in [0.1, 0.15) is 17.0 Å². The molecule has 1 aromatic carbocycles. The normalized spacial score (nSPS) is 10.5. The van der Waals surface area contributed by atoms with Crippen molar-refractivity contribution >= 4 is 5.69 Å². The van der Waals surface area contributed by atoms with Crippen LogP contribution in [0.3, 0.4) is 0 Å². The number of hydrogen-bond donors (Lipinski definition) is 2. The number of aromatic hydroxyl groups is 1. The van der Waals surface area contributed by atoms with E-state index in [-0.39, 0.29) is 6.54 Å². The number of nitrogens with one attached hydrogen (secondary N) is 1. The van der Waals surface area contributed by atoms with E-state index in [2.05, 4.69) is 10.3 Å². The fourth-order valence-electron chi connectivity index (χ4n) is 1.79. The first-order valence-corrected chi connectivity index (χ1v) is 5.82. The summed E-state index contributed by atoms with van der Waals surface area (Å²) in [6, 6.07) is 5.92. The summed E-state index contributed by atoms with van der Waals surface area (Å²) in [5.41, 5.74) is 2.94. The summed E-state index contributed by atoms with van der Waals surface area (Å²) < 4.78 is 26.3. The lowest BCUT2D eigenvalue weighted by molar-refractivity contribution is 0.395. The molecule has 0 bridgehead atoms. The van der Waals surface area contributed by atoms with E-state index in [0.29, 0.717) is 5.56 Å². The fraction of sp³-hybridized carbons (Fsp3) is 0.214. The molecule has 1 aromatic heterocycles. The molecule has 0 fully saturated rings. The van der Waals surface area contributed by atoms with E-state index in [9.17, 15) is 8.78 Å². The molecule has 0 saturated carbocycles. The van der Waals surface area contributed by atoms with Crippen molar-refractivity contribution < 1.29 is 13.9 Å². The van der Waals surface area contributed by atoms with E-state index in [4.69, 9.17) is 5.11 Å². The van der Waals surface area contributed by atoms with Crippen LogP contribution in [-0.4, -0.2) is 10.1 Å². The van der Waals surface area contributed by atoms with Crippen LogP contribution in [-0.2, 0) is 6.54 Å². The molecule has 0 radical (unpaired) electrons. The second-order valence-corrected chi connectivity index (χ2v) is 4.35. The third-order valence-corrected chi connectivity index (χ3v) is 2.78. The number of aryl methyl sites for hydroxylation is 2. The molecule has 5 heteroatoms. The molecule has 100 valence electrons. The number of pyridine rings is 1. The topological polar surface area (TPSA) is 45.1 Å². The van der Waals surface area contributed by atoms with E-state index in [1.54, 1.807) is 0 Å². The number of nitrogens with zero attached hydrogens (tertiary/aromatic N) is 1. The second-order valence-electron chi connectivity index (χ2n) is 4.35. The highest BCUT2D eigenvalue weighted by molar-refractivity contribution is 5.48. The van der Waals surface area contributed by atoms with Gasteiger partial charge in [0.2, 0.25) is 0 Å². The van der Waals surface area contributed by atoms with Gasteiger partial charge in [0.25, 0.3) is 0 Å². The van der Waals surface area contributed by atoms with Gasteiger partial charge in [-0.25, -0.2) is 8.78 Å². The van der Waals surface area contributed by atoms with Crippen molar-refractivity contribution in [2.45, 2.75) is 20.4 Å². The third-order valence-electron chi connectivity index (χ3n) is 2.78. The van der Waals surface area contributed by atoms with Crippen LogP contribution in [0.2, 0.25) is 0 Å². The molecular formula is C14H14F2N2O. The smallest absolute Gasteiger partial charge is 0.187 e. The van der Waals surface area contributed by atoms with Crippen LogP contribution in [0.5, 0.6) is 5.75 Å². The summed E-state index contributed by atoms with van der Waals surface area (Å²) in [5.74, 6) is -2.87. The monoisotopic (exact) mass is 264 g/mol. The molecule has 0 unspecified atom stereocenters. The van der Waals surface area contributed by atoms with Crippen LogP contribution >= 0.6 is 0 Å². The lowest BCUT2D eigenvalue weighted by Crippen LogP contribution is -2.03. The number of phenolic OH excluding ortho intramolecular Hbond substituents is 1. The minimum Gasteiger partial charge on any atom is -0.503 e. The van der Waals surface area contributed by atoms with Gasteiger partial charge in [0.05, 0.1) is 11.4 Å². The molecule has 0 aliphatic rings. The predicted octanol–water partition coefficient (Wildman–Crippen LogP) is 3.29. The molecule has 0 aliphatic carbocycles. The number of benzene rings is 1. The summed E-state index contributed by atoms with van der Waals surface area (Å²) in [7, 11) is 0. The number of halogens is 2. The molecule has 2 aromatic rings. The summed E-state index contributed by atoms with van der Waals surface area (Å²) in [6.07, 6.45) is 0. The standard InChI is InChI=1S/C14H14F2N2O/c1-8-3-4-13(9(2)18-8)17-7-10-5-11(15)14(19)12(16)6-10/h3-6,17,19H,7H2,1-2H3. The molecule has 2 rings (SSSR count). The Kier molecular flexibility index (Phi) is 3.64. The van der Waals surface area contributed by atoms with Gasteiger partial charge < -0.3 is 10.4 Å². The Balaban J connectivity index is 2.14. The predicted molar refractivity (Wildman–Crippen MR) is 69.1 cm³/mol. The maximum absolute atomic E-state index is 13.2. The van der Waals surface area contributed by atoms with Crippen molar-refractivity contribution in [3.8, 4) is 5.75 Å². The fourth-order valence-corrected chi connectivity index (χ4v) is 1.79. The summed E-state index contributed by atoms with van der Waals surface area (Å²) in [5, 5.41) is 12.1. The number of phenols is 1. The number of rotatable bonds is 3. The highest BCUT2D eigenvalue weighted by Crippen LogP contribution is 2.22. The molecule has 0 aliphatic heterocycles. The summed E-state index contributed by atoms with van der Waals surface area (Å²) in [4.78, 5) is 4.28. The Morgan fingerprint density at radius 1 is 1.16 bits per heavy atom. The van der Waals surface area contributed by atoms with Crippen LogP contribution < -0.4 is 5.32 Å². The minimum absolute atomic E-state index is 0.250. The molecule has 0 spiro atoms. The van der Waals surface area contributed by atoms with E-state index < -0.39 is 17.4 Å². The second kappa shape index (κ2) is 5.22. The minimum atomic E-state index is -0.962. The van der Waals surface area contributed by atoms with Crippen molar-refractivity contribution in [2.24, 2.45) is 0 Å². The zero-order valence-corrected chi connectivity index (χ0v) is 10.7. The van der Waals surface area contributed by atoms with Gasteiger partial charge in [-0.1, -0.05) is 0 Å². The van der Waals surface area contributed by atoms with Gasteiger partial charge in [-0.15, -0.1) is 0 Å². The Morgan fingerprint density at radius 2 is 1.79 bits per heavy atom. The molecule has 0 amide bonds. The SMILES string of the molecule is Cc1ccc(NCc2cc(F)c(O)c(F)c2)c(C)n1. The number of aromatic nitrogens is 1. The van der Waals surface area contributed by atoms with Crippen molar-refractivity contribution in [3.05, 3.63) is 52.9 Å². The molecule has 1 heterocycles. The molecule has 3 nitrogen and oxygen atoms in total. The van der Waals surface area contributed by atoms with Crippen LogP contribution in [0, 0.1) is 25.5 Å². The Morgan fingerprint density at radius 3 is 2.37 bits per heavy atom. The van der Waals surface area contributed by atoms with E-state index in [0.717, 1.165) is 29.2 Å². The lowest BCUT2D eigenvalue weighted by atomic mass is 10.2. The lowest BCUT2D eigenvalue weighted by Gasteiger charge is -2.10. The first kappa shape index (κ1) is 13.3. The number of anilines is 1. The number of hydrogen-bond acceptors (Lipinski definition) is 3. The average molecular weight is 264 g/mol. The Labute approximate surface area is 109 Å². The third kappa shape index (κ3) is 2.99. The van der Waals surface area contributed by atoms with Crippen LogP contribution in [0.15, 0.2) is 24.3 Å². The van der Waals surface area contributed by atoms with Crippen molar-refractivity contribution in [2.75, 3.05) is 5.32 Å². The summed E-state index contributed by atoms with van der Waals surface area (Å²) in [6.45, 7) is 3.99. The van der Waals surface area contributed by atoms with Crippen molar-refractivity contribution in [1.82, 2.24) is 4.98 Å². The van der Waals surface area contributed by atoms with Gasteiger partial charge in [-0.05, 0) is 43.7 Å². The van der Waals surface area contributed by atoms with Gasteiger partial charge in [0.15, 0.2) is 17.4 Å². The quantitative estimate of drug-likeness (QED) is 0.894. The largest absolute Gasteiger partial charge is 0.503 e. The highest BCUT2D eigenvalue weighted by Gasteiger charge is 2.09. The molecule has 0 atom stereocenters. The molecular weight excluding hydrogens is 250 g/mol.